The molecule has 0 radical (unpaired) electrons. The van der Waals surface area contributed by atoms with Crippen molar-refractivity contribution in [2.24, 2.45) is 5.92 Å². The van der Waals surface area contributed by atoms with Crippen LogP contribution < -0.4 is 10.6 Å². The molecule has 88 valence electrons. The zero-order valence-corrected chi connectivity index (χ0v) is 10.2. The van der Waals surface area contributed by atoms with Crippen LogP contribution in [0.5, 0.6) is 0 Å². The smallest absolute Gasteiger partial charge is 0.130 e. The average Bonchev–Trinajstić information content (AvgIpc) is 2.28. The van der Waals surface area contributed by atoms with Crippen molar-refractivity contribution in [1.82, 2.24) is 4.98 Å². The lowest BCUT2D eigenvalue weighted by atomic mass is 9.86. The van der Waals surface area contributed by atoms with E-state index in [-0.39, 0.29) is 0 Å². The summed E-state index contributed by atoms with van der Waals surface area (Å²) < 4.78 is 0. The first kappa shape index (κ1) is 11.2. The minimum Gasteiger partial charge on any atom is -0.384 e. The predicted octanol–water partition coefficient (Wildman–Crippen LogP) is 2.68. The number of nitrogens with zero attached hydrogens (tertiary/aromatic N) is 2. The van der Waals surface area contributed by atoms with Crippen LogP contribution in [0.2, 0.25) is 0 Å². The Kier molecular flexibility index (Phi) is 3.32. The first-order valence-electron chi connectivity index (χ1n) is 6.12. The maximum atomic E-state index is 5.72. The molecule has 1 fully saturated rings. The number of hydrogen-bond donors (Lipinski definition) is 1. The fraction of sp³-hybridized carbons (Fsp3) is 0.615. The maximum absolute atomic E-state index is 5.72. The van der Waals surface area contributed by atoms with E-state index in [1.807, 2.05) is 18.2 Å². The summed E-state index contributed by atoms with van der Waals surface area (Å²) in [6.45, 7) is 2.34. The Hall–Kier alpha value is -1.25. The molecule has 16 heavy (non-hydrogen) atoms. The van der Waals surface area contributed by atoms with E-state index >= 15 is 0 Å². The summed E-state index contributed by atoms with van der Waals surface area (Å²) in [5.74, 6) is 2.44. The highest BCUT2D eigenvalue weighted by Crippen LogP contribution is 2.28. The van der Waals surface area contributed by atoms with Crippen molar-refractivity contribution in [2.75, 3.05) is 17.7 Å². The molecule has 2 unspecified atom stereocenters. The van der Waals surface area contributed by atoms with Gasteiger partial charge in [-0.3, -0.25) is 0 Å². The van der Waals surface area contributed by atoms with Gasteiger partial charge in [0.25, 0.3) is 0 Å². The van der Waals surface area contributed by atoms with Gasteiger partial charge in [0.2, 0.25) is 0 Å². The van der Waals surface area contributed by atoms with Crippen LogP contribution in [0.3, 0.4) is 0 Å². The highest BCUT2D eigenvalue weighted by Gasteiger charge is 2.23. The third-order valence-corrected chi connectivity index (χ3v) is 3.57. The average molecular weight is 219 g/mol. The van der Waals surface area contributed by atoms with Gasteiger partial charge in [0.1, 0.15) is 11.6 Å². The first-order valence-corrected chi connectivity index (χ1v) is 6.12. The van der Waals surface area contributed by atoms with Crippen LogP contribution in [-0.4, -0.2) is 18.1 Å². The molecule has 2 N–H and O–H groups in total. The van der Waals surface area contributed by atoms with E-state index in [1.165, 1.54) is 25.7 Å². The SMILES string of the molecule is CC1CCCC(N(C)c2cccc(N)n2)C1. The number of nitrogens with two attached hydrogens (primary N) is 1. The van der Waals surface area contributed by atoms with Gasteiger partial charge in [0.05, 0.1) is 0 Å². The highest BCUT2D eigenvalue weighted by molar-refractivity contribution is 5.44. The van der Waals surface area contributed by atoms with Gasteiger partial charge in [-0.05, 0) is 30.9 Å². The van der Waals surface area contributed by atoms with Gasteiger partial charge in [0, 0.05) is 13.1 Å². The van der Waals surface area contributed by atoms with Crippen LogP contribution in [0.15, 0.2) is 18.2 Å². The third-order valence-electron chi connectivity index (χ3n) is 3.57. The Morgan fingerprint density at radius 3 is 2.88 bits per heavy atom. The van der Waals surface area contributed by atoms with Crippen LogP contribution >= 0.6 is 0 Å². The molecule has 0 spiro atoms. The molecule has 0 amide bonds. The molecule has 1 saturated carbocycles. The lowest BCUT2D eigenvalue weighted by Crippen LogP contribution is -2.36. The molecule has 2 rings (SSSR count). The number of pyridine rings is 1. The maximum Gasteiger partial charge on any atom is 0.130 e. The quantitative estimate of drug-likeness (QED) is 0.831. The Labute approximate surface area is 97.7 Å². The molecule has 0 bridgehead atoms. The number of anilines is 2. The van der Waals surface area contributed by atoms with E-state index in [4.69, 9.17) is 5.73 Å². The van der Waals surface area contributed by atoms with E-state index in [0.717, 1.165) is 11.7 Å². The second-order valence-electron chi connectivity index (χ2n) is 4.96. The van der Waals surface area contributed by atoms with Crippen molar-refractivity contribution in [1.29, 1.82) is 0 Å². The standard InChI is InChI=1S/C13H21N3/c1-10-5-3-6-11(9-10)16(2)13-8-4-7-12(14)15-13/h4,7-8,10-11H,3,5-6,9H2,1-2H3,(H2,14,15). The van der Waals surface area contributed by atoms with Crippen molar-refractivity contribution in [3.8, 4) is 0 Å². The summed E-state index contributed by atoms with van der Waals surface area (Å²) in [6, 6.07) is 6.47. The van der Waals surface area contributed by atoms with E-state index < -0.39 is 0 Å². The molecule has 0 saturated heterocycles. The second kappa shape index (κ2) is 4.73. The number of aromatic nitrogens is 1. The van der Waals surface area contributed by atoms with Gasteiger partial charge in [-0.2, -0.15) is 0 Å². The summed E-state index contributed by atoms with van der Waals surface area (Å²) in [4.78, 5) is 6.66. The first-order chi connectivity index (χ1) is 7.66. The molecule has 1 aromatic rings. The molecule has 3 nitrogen and oxygen atoms in total. The highest BCUT2D eigenvalue weighted by atomic mass is 15.2. The van der Waals surface area contributed by atoms with Crippen molar-refractivity contribution in [3.05, 3.63) is 18.2 Å². The summed E-state index contributed by atoms with van der Waals surface area (Å²) in [6.07, 6.45) is 5.25. The van der Waals surface area contributed by atoms with Gasteiger partial charge < -0.3 is 10.6 Å². The van der Waals surface area contributed by atoms with E-state index in [1.54, 1.807) is 0 Å². The minimum atomic E-state index is 0.605. The Morgan fingerprint density at radius 2 is 2.19 bits per heavy atom. The number of rotatable bonds is 2. The van der Waals surface area contributed by atoms with Crippen LogP contribution in [0.4, 0.5) is 11.6 Å². The zero-order chi connectivity index (χ0) is 11.5. The molecule has 1 aromatic heterocycles. The summed E-state index contributed by atoms with van der Waals surface area (Å²) in [7, 11) is 2.13. The van der Waals surface area contributed by atoms with Gasteiger partial charge >= 0.3 is 0 Å². The molecule has 1 heterocycles. The van der Waals surface area contributed by atoms with Crippen LogP contribution in [0.25, 0.3) is 0 Å². The molecular weight excluding hydrogens is 198 g/mol. The van der Waals surface area contributed by atoms with Gasteiger partial charge in [-0.25, -0.2) is 4.98 Å². The Bertz CT molecular complexity index is 351. The van der Waals surface area contributed by atoms with Crippen LogP contribution in [0, 0.1) is 5.92 Å². The fourth-order valence-electron chi connectivity index (χ4n) is 2.58. The summed E-state index contributed by atoms with van der Waals surface area (Å²) in [5.41, 5.74) is 5.72. The minimum absolute atomic E-state index is 0.605. The third kappa shape index (κ3) is 2.46. The monoisotopic (exact) mass is 219 g/mol. The molecule has 2 atom stereocenters. The van der Waals surface area contributed by atoms with E-state index in [2.05, 4.69) is 23.9 Å². The predicted molar refractivity (Wildman–Crippen MR) is 68.5 cm³/mol. The normalized spacial score (nSPS) is 25.4. The van der Waals surface area contributed by atoms with Gasteiger partial charge in [0.15, 0.2) is 0 Å². The topological polar surface area (TPSA) is 42.1 Å². The Morgan fingerprint density at radius 1 is 1.38 bits per heavy atom. The number of hydrogen-bond acceptors (Lipinski definition) is 3. The van der Waals surface area contributed by atoms with E-state index in [9.17, 15) is 0 Å². The van der Waals surface area contributed by atoms with Crippen LogP contribution in [-0.2, 0) is 0 Å². The van der Waals surface area contributed by atoms with E-state index in [0.29, 0.717) is 11.9 Å². The summed E-state index contributed by atoms with van der Waals surface area (Å²) in [5, 5.41) is 0. The molecule has 1 aliphatic rings. The number of nitrogen functional groups attached to an aromatic ring is 1. The lowest BCUT2D eigenvalue weighted by Gasteiger charge is -2.34. The zero-order valence-electron chi connectivity index (χ0n) is 10.2. The second-order valence-corrected chi connectivity index (χ2v) is 4.96. The fourth-order valence-corrected chi connectivity index (χ4v) is 2.58. The van der Waals surface area contributed by atoms with Gasteiger partial charge in [-0.1, -0.05) is 25.8 Å². The van der Waals surface area contributed by atoms with Gasteiger partial charge in [-0.15, -0.1) is 0 Å². The Balaban J connectivity index is 2.09. The molecule has 3 heteroatoms. The van der Waals surface area contributed by atoms with Crippen molar-refractivity contribution < 1.29 is 0 Å². The summed E-state index contributed by atoms with van der Waals surface area (Å²) >= 11 is 0. The van der Waals surface area contributed by atoms with Crippen molar-refractivity contribution in [3.63, 3.8) is 0 Å². The van der Waals surface area contributed by atoms with Crippen molar-refractivity contribution >= 4 is 11.6 Å². The lowest BCUT2D eigenvalue weighted by molar-refractivity contribution is 0.335. The largest absolute Gasteiger partial charge is 0.384 e. The van der Waals surface area contributed by atoms with Crippen molar-refractivity contribution in [2.45, 2.75) is 38.6 Å². The molecule has 1 aliphatic carbocycles. The molecule has 0 aromatic carbocycles. The van der Waals surface area contributed by atoms with Crippen LogP contribution in [0.1, 0.15) is 32.6 Å². The molecule has 0 aliphatic heterocycles. The molecular formula is C13H21N3.